The molecule has 6 nitrogen and oxygen atoms in total. The number of imidazole rings is 1. The lowest BCUT2D eigenvalue weighted by molar-refractivity contribution is 0.252. The number of carbonyl (C=O) groups is 1. The number of aryl methyl sites for hydroxylation is 1. The summed E-state index contributed by atoms with van der Waals surface area (Å²) in [6.07, 6.45) is 4.46. The minimum Gasteiger partial charge on any atom is -0.494 e. The van der Waals surface area contributed by atoms with Gasteiger partial charge in [-0.05, 0) is 36.6 Å². The maximum Gasteiger partial charge on any atom is 0.319 e. The van der Waals surface area contributed by atoms with Gasteiger partial charge in [-0.15, -0.1) is 0 Å². The van der Waals surface area contributed by atoms with Crippen molar-refractivity contribution < 1.29 is 9.53 Å². The van der Waals surface area contributed by atoms with E-state index < -0.39 is 0 Å². The third-order valence-corrected chi connectivity index (χ3v) is 5.55. The smallest absolute Gasteiger partial charge is 0.319 e. The largest absolute Gasteiger partial charge is 0.494 e. The van der Waals surface area contributed by atoms with Gasteiger partial charge >= 0.3 is 6.03 Å². The second-order valence-corrected chi connectivity index (χ2v) is 7.85. The second-order valence-electron chi connectivity index (χ2n) is 7.85. The van der Waals surface area contributed by atoms with Gasteiger partial charge in [0.05, 0.1) is 24.8 Å². The molecule has 6 heteroatoms. The summed E-state index contributed by atoms with van der Waals surface area (Å²) in [6.45, 7) is 2.48. The van der Waals surface area contributed by atoms with E-state index >= 15 is 0 Å². The molecule has 4 rings (SSSR count). The number of ether oxygens (including phenoxy) is 1. The summed E-state index contributed by atoms with van der Waals surface area (Å²) in [7, 11) is 1.61. The molecule has 0 aliphatic carbocycles. The molecule has 0 radical (unpaired) electrons. The average Bonchev–Trinajstić information content (AvgIpc) is 3.29. The molecule has 168 valence electrons. The van der Waals surface area contributed by atoms with Crippen molar-refractivity contribution >= 4 is 11.7 Å². The van der Waals surface area contributed by atoms with Crippen LogP contribution < -0.4 is 15.4 Å². The molecule has 3 aromatic carbocycles. The fraction of sp³-hybridized carbons (Fsp3) is 0.185. The summed E-state index contributed by atoms with van der Waals surface area (Å²) in [4.78, 5) is 16.8. The number of urea groups is 1. The van der Waals surface area contributed by atoms with Gasteiger partial charge in [0, 0.05) is 30.4 Å². The van der Waals surface area contributed by atoms with Crippen molar-refractivity contribution in [1.29, 1.82) is 0 Å². The Labute approximate surface area is 194 Å². The first-order chi connectivity index (χ1) is 16.1. The molecule has 1 aromatic heterocycles. The van der Waals surface area contributed by atoms with Crippen molar-refractivity contribution in [3.63, 3.8) is 0 Å². The molecule has 0 atom stereocenters. The van der Waals surface area contributed by atoms with Crippen molar-refractivity contribution in [2.24, 2.45) is 0 Å². The number of aromatic nitrogens is 2. The van der Waals surface area contributed by atoms with Crippen LogP contribution >= 0.6 is 0 Å². The molecule has 0 aliphatic heterocycles. The van der Waals surface area contributed by atoms with E-state index in [0.29, 0.717) is 18.0 Å². The van der Waals surface area contributed by atoms with E-state index in [1.807, 2.05) is 66.2 Å². The molecule has 33 heavy (non-hydrogen) atoms. The Morgan fingerprint density at radius 2 is 1.67 bits per heavy atom. The van der Waals surface area contributed by atoms with Gasteiger partial charge in [-0.3, -0.25) is 0 Å². The maximum absolute atomic E-state index is 12.5. The monoisotopic (exact) mass is 440 g/mol. The van der Waals surface area contributed by atoms with Crippen molar-refractivity contribution in [2.75, 3.05) is 19.0 Å². The van der Waals surface area contributed by atoms with E-state index in [-0.39, 0.29) is 11.9 Å². The van der Waals surface area contributed by atoms with E-state index in [2.05, 4.69) is 39.9 Å². The van der Waals surface area contributed by atoms with Crippen molar-refractivity contribution in [3.8, 4) is 11.4 Å². The predicted octanol–water partition coefficient (Wildman–Crippen LogP) is 5.53. The Hall–Kier alpha value is -4.06. The summed E-state index contributed by atoms with van der Waals surface area (Å²) >= 11 is 0. The molecular formula is C27H28N4O2. The van der Waals surface area contributed by atoms with Crippen LogP contribution in [0.2, 0.25) is 0 Å². The number of nitrogens with one attached hydrogen (secondary N) is 2. The Morgan fingerprint density at radius 1 is 1.00 bits per heavy atom. The molecule has 0 saturated carbocycles. The van der Waals surface area contributed by atoms with Crippen molar-refractivity contribution in [2.45, 2.75) is 19.3 Å². The number of nitrogens with zero attached hydrogens (tertiary/aromatic N) is 2. The minimum absolute atomic E-state index is 0.214. The van der Waals surface area contributed by atoms with Gasteiger partial charge in [-0.2, -0.15) is 0 Å². The van der Waals surface area contributed by atoms with Crippen LogP contribution in [0.5, 0.6) is 5.75 Å². The fourth-order valence-electron chi connectivity index (χ4n) is 3.92. The molecule has 0 spiro atoms. The van der Waals surface area contributed by atoms with Crippen LogP contribution in [0.25, 0.3) is 5.69 Å². The highest BCUT2D eigenvalue weighted by Crippen LogP contribution is 2.28. The Balaban J connectivity index is 1.38. The predicted molar refractivity (Wildman–Crippen MR) is 131 cm³/mol. The highest BCUT2D eigenvalue weighted by molar-refractivity contribution is 5.89. The molecule has 0 bridgehead atoms. The molecular weight excluding hydrogens is 412 g/mol. The number of hydrogen-bond acceptors (Lipinski definition) is 3. The topological polar surface area (TPSA) is 68.2 Å². The zero-order valence-electron chi connectivity index (χ0n) is 18.9. The fourth-order valence-corrected chi connectivity index (χ4v) is 3.92. The molecule has 2 amide bonds. The van der Waals surface area contributed by atoms with Gasteiger partial charge in [0.2, 0.25) is 0 Å². The number of hydrogen-bond donors (Lipinski definition) is 2. The number of carbonyl (C=O) groups excluding carboxylic acids is 1. The molecule has 0 fully saturated rings. The van der Waals surface area contributed by atoms with Crippen molar-refractivity contribution in [3.05, 3.63) is 108 Å². The minimum atomic E-state index is -0.247. The summed E-state index contributed by atoms with van der Waals surface area (Å²) in [5.74, 6) is 0.865. The van der Waals surface area contributed by atoms with Crippen LogP contribution in [-0.2, 0) is 0 Å². The lowest BCUT2D eigenvalue weighted by Crippen LogP contribution is -2.30. The molecule has 2 N–H and O–H groups in total. The first-order valence-corrected chi connectivity index (χ1v) is 11.0. The zero-order chi connectivity index (χ0) is 23.0. The van der Waals surface area contributed by atoms with Gasteiger partial charge in [0.15, 0.2) is 0 Å². The van der Waals surface area contributed by atoms with Crippen molar-refractivity contribution in [1.82, 2.24) is 14.9 Å². The summed E-state index contributed by atoms with van der Waals surface area (Å²) in [5.41, 5.74) is 4.91. The number of rotatable bonds is 8. The van der Waals surface area contributed by atoms with E-state index in [0.717, 1.165) is 17.8 Å². The van der Waals surface area contributed by atoms with Crippen LogP contribution in [0.4, 0.5) is 10.5 Å². The Morgan fingerprint density at radius 3 is 2.24 bits per heavy atom. The number of anilines is 1. The van der Waals surface area contributed by atoms with Crippen LogP contribution in [0, 0.1) is 6.92 Å². The van der Waals surface area contributed by atoms with Crippen LogP contribution in [-0.4, -0.2) is 29.2 Å². The lowest BCUT2D eigenvalue weighted by Gasteiger charge is -2.18. The van der Waals surface area contributed by atoms with Crippen LogP contribution in [0.3, 0.4) is 0 Å². The molecule has 0 unspecified atom stereocenters. The first-order valence-electron chi connectivity index (χ1n) is 11.0. The lowest BCUT2D eigenvalue weighted by atomic mass is 9.88. The van der Waals surface area contributed by atoms with E-state index in [1.54, 1.807) is 19.5 Å². The molecule has 0 saturated heterocycles. The van der Waals surface area contributed by atoms with Gasteiger partial charge in [-0.1, -0.05) is 60.7 Å². The third kappa shape index (κ3) is 5.60. The SMILES string of the molecule is COc1cc(NC(=O)NCCC(c2ccccc2)c2ccccc2)ccc1-n1cnc(C)c1. The summed E-state index contributed by atoms with van der Waals surface area (Å²) in [5, 5.41) is 5.88. The number of benzene rings is 3. The van der Waals surface area contributed by atoms with Gasteiger partial charge < -0.3 is 19.9 Å². The highest BCUT2D eigenvalue weighted by atomic mass is 16.5. The first kappa shape index (κ1) is 22.1. The Kier molecular flexibility index (Phi) is 7.05. The molecule has 0 aliphatic rings. The van der Waals surface area contributed by atoms with E-state index in [1.165, 1.54) is 11.1 Å². The van der Waals surface area contributed by atoms with Gasteiger partial charge in [0.1, 0.15) is 5.75 Å². The van der Waals surface area contributed by atoms with Gasteiger partial charge in [0.25, 0.3) is 0 Å². The van der Waals surface area contributed by atoms with Crippen LogP contribution in [0.15, 0.2) is 91.4 Å². The average molecular weight is 441 g/mol. The van der Waals surface area contributed by atoms with E-state index in [4.69, 9.17) is 4.74 Å². The Bertz CT molecular complexity index is 1150. The second kappa shape index (κ2) is 10.5. The van der Waals surface area contributed by atoms with Crippen LogP contribution in [0.1, 0.15) is 29.2 Å². The number of amides is 2. The highest BCUT2D eigenvalue weighted by Gasteiger charge is 2.14. The summed E-state index contributed by atoms with van der Waals surface area (Å²) < 4.78 is 7.42. The number of methoxy groups -OCH3 is 1. The zero-order valence-corrected chi connectivity index (χ0v) is 18.9. The maximum atomic E-state index is 12.5. The molecule has 1 heterocycles. The third-order valence-electron chi connectivity index (χ3n) is 5.55. The van der Waals surface area contributed by atoms with E-state index in [9.17, 15) is 4.79 Å². The van der Waals surface area contributed by atoms with Gasteiger partial charge in [-0.25, -0.2) is 9.78 Å². The standard InChI is InChI=1S/C27H28N4O2/c1-20-18-31(19-29-20)25-14-13-23(17-26(25)33-2)30-27(32)28-16-15-24(21-9-5-3-6-10-21)22-11-7-4-8-12-22/h3-14,17-19,24H,15-16H2,1-2H3,(H2,28,30,32). The quantitative estimate of drug-likeness (QED) is 0.378. The summed E-state index contributed by atoms with van der Waals surface area (Å²) in [6, 6.07) is 26.1. The normalized spacial score (nSPS) is 10.8. The molecule has 4 aromatic rings.